The molecule has 0 aromatic heterocycles. The smallest absolute Gasteiger partial charge is 0.333 e. The number of rotatable bonds is 13. The van der Waals surface area contributed by atoms with Crippen LogP contribution in [0.1, 0.15) is 74.4 Å². The first kappa shape index (κ1) is 38.9. The van der Waals surface area contributed by atoms with E-state index in [1.165, 1.54) is 6.08 Å². The molecule has 7 nitrogen and oxygen atoms in total. The number of benzene rings is 4. The summed E-state index contributed by atoms with van der Waals surface area (Å²) in [5.74, 6) is 14.5. The zero-order valence-electron chi connectivity index (χ0n) is 30.9. The van der Waals surface area contributed by atoms with Crippen molar-refractivity contribution >= 4 is 18.0 Å². The average Bonchev–Trinajstić information content (AvgIpc) is 3.13. The molecule has 1 atom stereocenters. The summed E-state index contributed by atoms with van der Waals surface area (Å²) < 4.78 is 27.0. The van der Waals surface area contributed by atoms with E-state index in [9.17, 15) is 9.59 Å². The van der Waals surface area contributed by atoms with Crippen LogP contribution in [0.2, 0.25) is 0 Å². The molecule has 4 aromatic carbocycles. The van der Waals surface area contributed by atoms with Gasteiger partial charge in [0.25, 0.3) is 0 Å². The van der Waals surface area contributed by atoms with Crippen molar-refractivity contribution in [3.63, 3.8) is 0 Å². The van der Waals surface area contributed by atoms with Crippen LogP contribution in [0.15, 0.2) is 97.1 Å². The Labute approximate surface area is 307 Å². The summed E-state index contributed by atoms with van der Waals surface area (Å²) in [6.07, 6.45) is 3.77. The highest BCUT2D eigenvalue weighted by Gasteiger charge is 2.38. The predicted molar refractivity (Wildman–Crippen MR) is 204 cm³/mol. The number of carbonyl (C=O) groups excluding carboxylic acids is 2. The van der Waals surface area contributed by atoms with Gasteiger partial charge in [0.15, 0.2) is 0 Å². The fourth-order valence-corrected chi connectivity index (χ4v) is 5.24. The van der Waals surface area contributed by atoms with Gasteiger partial charge >= 0.3 is 11.9 Å². The zero-order chi connectivity index (χ0) is 37.5. The number of carbonyl (C=O) groups is 2. The van der Waals surface area contributed by atoms with Gasteiger partial charge in [0.2, 0.25) is 13.6 Å². The van der Waals surface area contributed by atoms with Crippen molar-refractivity contribution in [3.05, 3.63) is 130 Å². The van der Waals surface area contributed by atoms with Gasteiger partial charge in [-0.25, -0.2) is 4.79 Å². The lowest BCUT2D eigenvalue weighted by molar-refractivity contribution is -0.165. The Hall–Kier alpha value is -5.92. The molecule has 0 fully saturated rings. The largest absolute Gasteiger partial charge is 0.497 e. The summed E-state index contributed by atoms with van der Waals surface area (Å²) in [7, 11) is 1.60. The average molecular weight is 699 g/mol. The normalized spacial score (nSPS) is 11.9. The molecule has 268 valence electrons. The number of aryl methyl sites for hydroxylation is 1. The van der Waals surface area contributed by atoms with Crippen LogP contribution in [-0.4, -0.2) is 32.6 Å². The third-order valence-electron chi connectivity index (χ3n) is 8.57. The third kappa shape index (κ3) is 11.9. The minimum atomic E-state index is -0.553. The summed E-state index contributed by atoms with van der Waals surface area (Å²) >= 11 is 0. The second-order valence-electron chi connectivity index (χ2n) is 13.3. The Morgan fingerprint density at radius 1 is 0.692 bits per heavy atom. The number of hydrogen-bond donors (Lipinski definition) is 0. The Balaban J connectivity index is 1.23. The minimum Gasteiger partial charge on any atom is -0.497 e. The second kappa shape index (κ2) is 18.9. The van der Waals surface area contributed by atoms with E-state index in [2.05, 4.69) is 37.5 Å². The second-order valence-corrected chi connectivity index (χ2v) is 13.3. The molecular weight excluding hydrogens is 652 g/mol. The molecule has 0 saturated heterocycles. The highest BCUT2D eigenvalue weighted by Crippen LogP contribution is 2.35. The molecule has 0 spiro atoms. The number of esters is 2. The molecule has 4 rings (SSSR count). The number of hydrogen-bond acceptors (Lipinski definition) is 7. The molecule has 0 aliphatic rings. The van der Waals surface area contributed by atoms with Gasteiger partial charge in [-0.1, -0.05) is 63.5 Å². The van der Waals surface area contributed by atoms with Gasteiger partial charge < -0.3 is 23.7 Å². The molecule has 0 bridgehead atoms. The van der Waals surface area contributed by atoms with Crippen LogP contribution < -0.4 is 14.2 Å². The molecule has 1 unspecified atom stereocenters. The number of ether oxygens (including phenoxy) is 5. The topological polar surface area (TPSA) is 80.3 Å². The van der Waals surface area contributed by atoms with E-state index >= 15 is 0 Å². The van der Waals surface area contributed by atoms with E-state index in [0.717, 1.165) is 45.6 Å². The third-order valence-corrected chi connectivity index (χ3v) is 8.57. The maximum Gasteiger partial charge on any atom is 0.333 e. The maximum atomic E-state index is 12.8. The van der Waals surface area contributed by atoms with Crippen LogP contribution in [0.3, 0.4) is 0 Å². The van der Waals surface area contributed by atoms with Gasteiger partial charge in [-0.2, -0.15) is 0 Å². The highest BCUT2D eigenvalue weighted by molar-refractivity contribution is 5.87. The van der Waals surface area contributed by atoms with Crippen molar-refractivity contribution in [3.8, 4) is 40.9 Å². The van der Waals surface area contributed by atoms with Crippen molar-refractivity contribution < 1.29 is 33.3 Å². The van der Waals surface area contributed by atoms with Gasteiger partial charge in [0.05, 0.1) is 12.5 Å². The van der Waals surface area contributed by atoms with Crippen molar-refractivity contribution in [1.29, 1.82) is 0 Å². The van der Waals surface area contributed by atoms with Crippen LogP contribution in [0.5, 0.6) is 17.2 Å². The molecule has 0 N–H and O–H groups in total. The fraction of sp³-hybridized carbons (Fsp3) is 0.289. The van der Waals surface area contributed by atoms with E-state index in [4.69, 9.17) is 23.7 Å². The Kier molecular flexibility index (Phi) is 14.1. The molecule has 7 heteroatoms. The lowest BCUT2D eigenvalue weighted by Gasteiger charge is -2.32. The van der Waals surface area contributed by atoms with Crippen molar-refractivity contribution in [1.82, 2.24) is 0 Å². The van der Waals surface area contributed by atoms with Crippen LogP contribution in [0.25, 0.3) is 6.08 Å². The molecule has 4 aromatic rings. The molecule has 52 heavy (non-hydrogen) atoms. The van der Waals surface area contributed by atoms with E-state index in [-0.39, 0.29) is 25.5 Å². The quantitative estimate of drug-likeness (QED) is 0.0597. The molecular formula is C45H46O7. The van der Waals surface area contributed by atoms with Crippen molar-refractivity contribution in [2.24, 2.45) is 17.3 Å². The molecule has 0 radical (unpaired) electrons. The Morgan fingerprint density at radius 2 is 1.21 bits per heavy atom. The van der Waals surface area contributed by atoms with Crippen LogP contribution in [0.4, 0.5) is 0 Å². The lowest BCUT2D eigenvalue weighted by Crippen LogP contribution is -2.37. The first-order chi connectivity index (χ1) is 24.9. The zero-order valence-corrected chi connectivity index (χ0v) is 30.9. The summed E-state index contributed by atoms with van der Waals surface area (Å²) in [5, 5.41) is 0. The summed E-state index contributed by atoms with van der Waals surface area (Å²) in [6.45, 7) is 11.9. The van der Waals surface area contributed by atoms with E-state index < -0.39 is 11.4 Å². The van der Waals surface area contributed by atoms with E-state index in [1.807, 2.05) is 107 Å². The molecule has 0 aliphatic carbocycles. The summed E-state index contributed by atoms with van der Waals surface area (Å²) in [5.41, 5.74) is 4.75. The number of methoxy groups -OCH3 is 1. The fourth-order valence-electron chi connectivity index (χ4n) is 5.24. The van der Waals surface area contributed by atoms with Crippen LogP contribution >= 0.6 is 0 Å². The first-order valence-corrected chi connectivity index (χ1v) is 17.2. The minimum absolute atomic E-state index is 0.136. The van der Waals surface area contributed by atoms with Crippen molar-refractivity contribution in [2.75, 3.05) is 20.7 Å². The van der Waals surface area contributed by atoms with Gasteiger partial charge in [-0.3, -0.25) is 4.79 Å². The monoisotopic (exact) mass is 698 g/mol. The highest BCUT2D eigenvalue weighted by atomic mass is 16.7. The summed E-state index contributed by atoms with van der Waals surface area (Å²) in [6, 6.07) is 27.9. The lowest BCUT2D eigenvalue weighted by atomic mass is 9.73. The Morgan fingerprint density at radius 3 is 1.75 bits per heavy atom. The van der Waals surface area contributed by atoms with Gasteiger partial charge in [-0.05, 0) is 128 Å². The van der Waals surface area contributed by atoms with Crippen LogP contribution in [-0.2, 0) is 19.1 Å². The Bertz CT molecular complexity index is 1950. The van der Waals surface area contributed by atoms with E-state index in [1.54, 1.807) is 25.3 Å². The van der Waals surface area contributed by atoms with Gasteiger partial charge in [-0.15, -0.1) is 0 Å². The SMILES string of the molecule is COc1ccc(/C=C/C(=O)OCOc2ccc(C#Cc3ccc(C#Cc4ccc(OCOC(=O)C(C)(CC(C)C)C(C)C)cc4)cc3C)cc2)cc1. The molecule has 0 heterocycles. The molecule has 0 amide bonds. The van der Waals surface area contributed by atoms with E-state index in [0.29, 0.717) is 17.4 Å². The molecule has 0 saturated carbocycles. The van der Waals surface area contributed by atoms with Gasteiger partial charge in [0, 0.05) is 28.3 Å². The maximum absolute atomic E-state index is 12.8. The predicted octanol–water partition coefficient (Wildman–Crippen LogP) is 8.98. The van der Waals surface area contributed by atoms with Crippen LogP contribution in [0, 0.1) is 47.9 Å². The van der Waals surface area contributed by atoms with Gasteiger partial charge in [0.1, 0.15) is 17.2 Å². The first-order valence-electron chi connectivity index (χ1n) is 17.2. The van der Waals surface area contributed by atoms with Crippen molar-refractivity contribution in [2.45, 2.75) is 48.0 Å². The summed E-state index contributed by atoms with van der Waals surface area (Å²) in [4.78, 5) is 24.8. The standard InChI is InChI=1S/C45H46O7/c1-32(2)29-45(6,33(3)4)44(47)52-31-50-42-23-14-35(15-24-42)8-9-38-11-20-39(34(5)28-38)19-10-36-16-25-41(26-17-36)49-30-51-43(46)27-18-37-12-21-40(48-7)22-13-37/h11-18,20-28,32-33H,29-31H2,1-7H3/b27-18+. The molecule has 0 aliphatic heterocycles.